The van der Waals surface area contributed by atoms with Crippen molar-refractivity contribution >= 4 is 80.7 Å². The Bertz CT molecular complexity index is 2180. The Kier molecular flexibility index (Phi) is 5.96. The van der Waals surface area contributed by atoms with Gasteiger partial charge in [-0.3, -0.25) is 0 Å². The second-order valence-corrected chi connectivity index (χ2v) is 17.2. The largest absolute Gasteiger partial charge is 0.458 e. The molecule has 0 aliphatic carbocycles. The van der Waals surface area contributed by atoms with Crippen LogP contribution in [0, 0.1) is 0 Å². The van der Waals surface area contributed by atoms with Crippen LogP contribution in [0.15, 0.2) is 180 Å². The molecule has 5 heteroatoms. The Morgan fingerprint density at radius 2 is 1.04 bits per heavy atom. The van der Waals surface area contributed by atoms with E-state index in [1.165, 1.54) is 58.3 Å². The van der Waals surface area contributed by atoms with E-state index in [4.69, 9.17) is 4.74 Å². The number of hydrogen-bond acceptors (Lipinski definition) is 3. The van der Waals surface area contributed by atoms with E-state index in [1.807, 2.05) is 11.8 Å². The molecular weight excluding hydrogens is 605 g/mol. The Labute approximate surface area is 280 Å². The number of hydrogen-bond donors (Lipinski definition) is 0. The van der Waals surface area contributed by atoms with E-state index in [9.17, 15) is 0 Å². The molecule has 0 bridgehead atoms. The van der Waals surface area contributed by atoms with Gasteiger partial charge in [0, 0.05) is 27.2 Å². The summed E-state index contributed by atoms with van der Waals surface area (Å²) in [7, 11) is -2.67. The normalized spacial score (nSPS) is 14.6. The molecule has 2 nitrogen and oxygen atoms in total. The summed E-state index contributed by atoms with van der Waals surface area (Å²) in [6.07, 6.45) is 0. The maximum absolute atomic E-state index is 6.79. The summed E-state index contributed by atoms with van der Waals surface area (Å²) < 4.78 is 6.79. The molecule has 7 aromatic carbocycles. The van der Waals surface area contributed by atoms with E-state index in [-0.39, 0.29) is 6.71 Å². The zero-order valence-electron chi connectivity index (χ0n) is 25.5. The highest BCUT2D eigenvalue weighted by Gasteiger charge is 2.49. The Balaban J connectivity index is 1.25. The average molecular weight is 634 g/mol. The van der Waals surface area contributed by atoms with Crippen LogP contribution in [0.3, 0.4) is 0 Å². The molecular formula is C42H28BNOSSi. The van der Waals surface area contributed by atoms with Gasteiger partial charge in [-0.15, -0.1) is 0 Å². The molecule has 0 saturated carbocycles. The number of para-hydroxylation sites is 3. The van der Waals surface area contributed by atoms with Crippen molar-refractivity contribution in [2.45, 2.75) is 9.79 Å². The van der Waals surface area contributed by atoms with Crippen molar-refractivity contribution in [1.29, 1.82) is 0 Å². The first kappa shape index (κ1) is 26.9. The predicted molar refractivity (Wildman–Crippen MR) is 200 cm³/mol. The van der Waals surface area contributed by atoms with E-state index in [0.29, 0.717) is 0 Å². The molecule has 0 amide bonds. The quantitative estimate of drug-likeness (QED) is 0.224. The van der Waals surface area contributed by atoms with Crippen LogP contribution >= 0.6 is 11.8 Å². The first-order chi connectivity index (χ1) is 23.3. The van der Waals surface area contributed by atoms with Crippen LogP contribution in [0.1, 0.15) is 0 Å². The number of fused-ring (bicyclic) bond motifs is 6. The Morgan fingerprint density at radius 3 is 1.72 bits per heavy atom. The van der Waals surface area contributed by atoms with Gasteiger partial charge in [0.2, 0.25) is 0 Å². The van der Waals surface area contributed by atoms with Gasteiger partial charge < -0.3 is 9.64 Å². The first-order valence-electron chi connectivity index (χ1n) is 16.1. The highest BCUT2D eigenvalue weighted by Crippen LogP contribution is 2.44. The summed E-state index contributed by atoms with van der Waals surface area (Å²) in [5.74, 6) is 1.88. The lowest BCUT2D eigenvalue weighted by atomic mass is 9.35. The van der Waals surface area contributed by atoms with Crippen molar-refractivity contribution in [1.82, 2.24) is 0 Å². The molecule has 3 aliphatic heterocycles. The van der Waals surface area contributed by atoms with Gasteiger partial charge in [0.1, 0.15) is 11.5 Å². The first-order valence-corrected chi connectivity index (χ1v) is 19.0. The second-order valence-electron chi connectivity index (χ2n) is 12.4. The van der Waals surface area contributed by atoms with Crippen LogP contribution in [0.5, 0.6) is 11.5 Å². The molecule has 0 radical (unpaired) electrons. The van der Waals surface area contributed by atoms with Gasteiger partial charge in [0.15, 0.2) is 8.07 Å². The molecule has 0 fully saturated rings. The summed E-state index contributed by atoms with van der Waals surface area (Å²) >= 11 is 1.86. The van der Waals surface area contributed by atoms with Crippen LogP contribution in [0.25, 0.3) is 0 Å². The molecule has 0 N–H and O–H groups in total. The minimum absolute atomic E-state index is 0.147. The number of benzene rings is 7. The van der Waals surface area contributed by atoms with E-state index in [2.05, 4.69) is 175 Å². The van der Waals surface area contributed by atoms with Crippen molar-refractivity contribution in [3.8, 4) is 11.5 Å². The highest BCUT2D eigenvalue weighted by atomic mass is 32.2. The Morgan fingerprint density at radius 1 is 0.489 bits per heavy atom. The zero-order valence-corrected chi connectivity index (χ0v) is 27.3. The van der Waals surface area contributed by atoms with E-state index in [0.717, 1.165) is 17.2 Å². The molecule has 47 heavy (non-hydrogen) atoms. The second kappa shape index (κ2) is 10.4. The third kappa shape index (κ3) is 3.81. The lowest BCUT2D eigenvalue weighted by molar-refractivity contribution is 0.486. The summed E-state index contributed by atoms with van der Waals surface area (Å²) in [4.78, 5) is 5.05. The zero-order chi connectivity index (χ0) is 31.0. The van der Waals surface area contributed by atoms with Gasteiger partial charge in [-0.05, 0) is 62.0 Å². The van der Waals surface area contributed by atoms with Gasteiger partial charge in [-0.25, -0.2) is 0 Å². The highest BCUT2D eigenvalue weighted by molar-refractivity contribution is 8.00. The van der Waals surface area contributed by atoms with Crippen LogP contribution in [0.2, 0.25) is 0 Å². The lowest BCUT2D eigenvalue weighted by Gasteiger charge is -2.45. The molecule has 0 unspecified atom stereocenters. The van der Waals surface area contributed by atoms with Crippen molar-refractivity contribution in [3.63, 3.8) is 0 Å². The Hall–Kier alpha value is -5.23. The molecule has 220 valence electrons. The maximum atomic E-state index is 6.79. The maximum Gasteiger partial charge on any atom is 0.253 e. The third-order valence-electron chi connectivity index (χ3n) is 10.0. The average Bonchev–Trinajstić information content (AvgIpc) is 3.14. The summed E-state index contributed by atoms with van der Waals surface area (Å²) in [5, 5.41) is 5.57. The molecule has 0 aromatic heterocycles. The SMILES string of the molecule is c1ccc([Si]2(c3ccccc3)c3ccccc3N(c3cc4c5c(c3)Sc3ccccc3B5c3ccccc3O4)c3ccccc32)cc1. The lowest BCUT2D eigenvalue weighted by Crippen LogP contribution is -2.77. The third-order valence-corrected chi connectivity index (χ3v) is 16.1. The van der Waals surface area contributed by atoms with Gasteiger partial charge >= 0.3 is 0 Å². The number of rotatable bonds is 3. The van der Waals surface area contributed by atoms with Gasteiger partial charge in [-0.2, -0.15) is 0 Å². The topological polar surface area (TPSA) is 12.5 Å². The van der Waals surface area contributed by atoms with Gasteiger partial charge in [-0.1, -0.05) is 151 Å². The molecule has 3 heterocycles. The summed E-state index contributed by atoms with van der Waals surface area (Å²) in [6.45, 7) is 0.147. The monoisotopic (exact) mass is 633 g/mol. The van der Waals surface area contributed by atoms with Crippen LogP contribution < -0.4 is 46.8 Å². The molecule has 7 aromatic rings. The molecule has 0 spiro atoms. The van der Waals surface area contributed by atoms with Crippen LogP contribution in [0.4, 0.5) is 17.1 Å². The summed E-state index contributed by atoms with van der Waals surface area (Å²) in [6, 6.07) is 62.6. The van der Waals surface area contributed by atoms with Crippen molar-refractivity contribution < 1.29 is 4.74 Å². The van der Waals surface area contributed by atoms with Crippen molar-refractivity contribution in [2.24, 2.45) is 0 Å². The van der Waals surface area contributed by atoms with E-state index in [1.54, 1.807) is 0 Å². The fourth-order valence-corrected chi connectivity index (χ4v) is 14.5. The van der Waals surface area contributed by atoms with Crippen LogP contribution in [-0.4, -0.2) is 14.8 Å². The molecule has 0 atom stereocenters. The van der Waals surface area contributed by atoms with Crippen molar-refractivity contribution in [2.75, 3.05) is 4.90 Å². The minimum atomic E-state index is -2.67. The van der Waals surface area contributed by atoms with E-state index >= 15 is 0 Å². The van der Waals surface area contributed by atoms with Gasteiger partial charge in [0.25, 0.3) is 6.71 Å². The molecule has 10 rings (SSSR count). The van der Waals surface area contributed by atoms with E-state index < -0.39 is 8.07 Å². The number of anilines is 3. The minimum Gasteiger partial charge on any atom is -0.458 e. The predicted octanol–water partition coefficient (Wildman–Crippen LogP) is 5.93. The number of nitrogens with zero attached hydrogens (tertiary/aromatic N) is 1. The summed E-state index contributed by atoms with van der Waals surface area (Å²) in [5.41, 5.74) is 7.43. The molecule has 0 saturated heterocycles. The van der Waals surface area contributed by atoms with Crippen molar-refractivity contribution in [3.05, 3.63) is 170 Å². The standard InChI is InChI=1S/C42H28BNOSSi/c1-3-15-30(16-4-1)47(31-17-5-2-6-18-31)40-25-13-9-21-34(40)44(35-22-10-14-26-41(35)47)29-27-37-42-39(28-29)46-38-24-12-8-20-33(38)43(42)32-19-7-11-23-36(32)45-37/h1-28H. The fraction of sp³-hybridized carbons (Fsp3) is 0. The van der Waals surface area contributed by atoms with Gasteiger partial charge in [0.05, 0.1) is 5.69 Å². The smallest absolute Gasteiger partial charge is 0.253 e. The number of ether oxygens (including phenoxy) is 1. The molecule has 3 aliphatic rings. The fourth-order valence-electron chi connectivity index (χ4n) is 8.20. The van der Waals surface area contributed by atoms with Crippen LogP contribution in [-0.2, 0) is 0 Å².